The van der Waals surface area contributed by atoms with E-state index >= 15 is 0 Å². The van der Waals surface area contributed by atoms with Crippen LogP contribution in [0.15, 0.2) is 30.5 Å². The molecule has 0 aliphatic carbocycles. The van der Waals surface area contributed by atoms with E-state index in [4.69, 9.17) is 0 Å². The van der Waals surface area contributed by atoms with Crippen LogP contribution >= 0.6 is 9.24 Å². The number of hydrogen-bond acceptors (Lipinski definition) is 0. The molecule has 0 spiro atoms. The van der Waals surface area contributed by atoms with Crippen LogP contribution in [0.2, 0.25) is 0 Å². The minimum Gasteiger partial charge on any atom is -0.351 e. The Bertz CT molecular complexity index is 389. The van der Waals surface area contributed by atoms with Gasteiger partial charge in [0.1, 0.15) is 0 Å². The van der Waals surface area contributed by atoms with Crippen molar-refractivity contribution in [1.29, 1.82) is 0 Å². The van der Waals surface area contributed by atoms with Crippen molar-refractivity contribution in [2.24, 2.45) is 7.05 Å². The molecule has 1 nitrogen and oxygen atoms in total. The second kappa shape index (κ2) is 2.35. The maximum atomic E-state index is 2.74. The van der Waals surface area contributed by atoms with Gasteiger partial charge < -0.3 is 4.57 Å². The summed E-state index contributed by atoms with van der Waals surface area (Å²) in [5.41, 5.74) is 1.29. The zero-order valence-electron chi connectivity index (χ0n) is 6.41. The van der Waals surface area contributed by atoms with E-state index in [1.165, 1.54) is 16.2 Å². The summed E-state index contributed by atoms with van der Waals surface area (Å²) in [5.74, 6) is 0. The van der Waals surface area contributed by atoms with Gasteiger partial charge in [0.2, 0.25) is 0 Å². The summed E-state index contributed by atoms with van der Waals surface area (Å²) in [5, 5.41) is 2.59. The average molecular weight is 163 g/mol. The Morgan fingerprint density at radius 3 is 2.82 bits per heavy atom. The Morgan fingerprint density at radius 2 is 2.09 bits per heavy atom. The summed E-state index contributed by atoms with van der Waals surface area (Å²) in [7, 11) is 4.81. The molecular formula is C9H10NP. The minimum atomic E-state index is 1.27. The van der Waals surface area contributed by atoms with Crippen molar-refractivity contribution in [3.63, 3.8) is 0 Å². The number of aryl methyl sites for hydroxylation is 1. The lowest BCUT2D eigenvalue weighted by molar-refractivity contribution is 0.969. The third-order valence-corrected chi connectivity index (χ3v) is 2.47. The maximum absolute atomic E-state index is 2.74. The molecule has 1 atom stereocenters. The Kier molecular flexibility index (Phi) is 1.47. The highest BCUT2D eigenvalue weighted by Gasteiger charge is 1.97. The fraction of sp³-hybridized carbons (Fsp3) is 0.111. The monoisotopic (exact) mass is 163 g/mol. The summed E-state index contributed by atoms with van der Waals surface area (Å²) in [6.45, 7) is 0. The van der Waals surface area contributed by atoms with Crippen LogP contribution in [-0.2, 0) is 7.05 Å². The molecule has 0 amide bonds. The first-order chi connectivity index (χ1) is 5.29. The van der Waals surface area contributed by atoms with Gasteiger partial charge >= 0.3 is 0 Å². The average Bonchev–Trinajstić information content (AvgIpc) is 2.35. The molecule has 0 saturated carbocycles. The lowest BCUT2D eigenvalue weighted by atomic mass is 10.2. The molecule has 0 fully saturated rings. The van der Waals surface area contributed by atoms with Crippen molar-refractivity contribution in [3.8, 4) is 0 Å². The Hall–Kier alpha value is -0.810. The predicted octanol–water partition coefficient (Wildman–Crippen LogP) is 1.68. The summed E-state index contributed by atoms with van der Waals surface area (Å²) in [4.78, 5) is 0. The van der Waals surface area contributed by atoms with E-state index in [0.717, 1.165) is 0 Å². The van der Waals surface area contributed by atoms with E-state index in [1.807, 2.05) is 0 Å². The third kappa shape index (κ3) is 0.965. The van der Waals surface area contributed by atoms with Gasteiger partial charge in [-0.15, -0.1) is 9.24 Å². The van der Waals surface area contributed by atoms with E-state index in [1.54, 1.807) is 0 Å². The summed E-state index contributed by atoms with van der Waals surface area (Å²) in [6, 6.07) is 8.44. The third-order valence-electron chi connectivity index (χ3n) is 1.96. The first-order valence-corrected chi connectivity index (χ1v) is 4.16. The largest absolute Gasteiger partial charge is 0.351 e. The first kappa shape index (κ1) is 6.87. The van der Waals surface area contributed by atoms with Crippen molar-refractivity contribution in [3.05, 3.63) is 30.5 Å². The quantitative estimate of drug-likeness (QED) is 0.521. The highest BCUT2D eigenvalue weighted by molar-refractivity contribution is 7.28. The molecule has 1 heterocycles. The summed E-state index contributed by atoms with van der Waals surface area (Å²) in [6.07, 6.45) is 2.08. The molecule has 2 heteroatoms. The van der Waals surface area contributed by atoms with Crippen molar-refractivity contribution in [2.45, 2.75) is 0 Å². The van der Waals surface area contributed by atoms with Gasteiger partial charge in [-0.1, -0.05) is 12.1 Å². The number of benzene rings is 1. The van der Waals surface area contributed by atoms with Crippen LogP contribution < -0.4 is 5.30 Å². The molecule has 0 aliphatic rings. The van der Waals surface area contributed by atoms with E-state index < -0.39 is 0 Å². The van der Waals surface area contributed by atoms with Crippen LogP contribution in [0.1, 0.15) is 0 Å². The SMILES string of the molecule is Cn1ccc2c(P)cccc21. The number of aromatic nitrogens is 1. The second-order valence-corrected chi connectivity index (χ2v) is 3.33. The maximum Gasteiger partial charge on any atom is 0.0483 e. The Morgan fingerprint density at radius 1 is 1.27 bits per heavy atom. The molecule has 1 aromatic heterocycles. The normalized spacial score (nSPS) is 10.7. The summed E-state index contributed by atoms with van der Waals surface area (Å²) < 4.78 is 2.13. The molecular weight excluding hydrogens is 153 g/mol. The molecule has 0 saturated heterocycles. The van der Waals surface area contributed by atoms with Gasteiger partial charge in [-0.2, -0.15) is 0 Å². The van der Waals surface area contributed by atoms with Gasteiger partial charge in [0.15, 0.2) is 0 Å². The van der Waals surface area contributed by atoms with Gasteiger partial charge in [-0.25, -0.2) is 0 Å². The van der Waals surface area contributed by atoms with Gasteiger partial charge in [-0.05, 0) is 17.4 Å². The van der Waals surface area contributed by atoms with E-state index in [9.17, 15) is 0 Å². The molecule has 56 valence electrons. The minimum absolute atomic E-state index is 1.27. The van der Waals surface area contributed by atoms with Crippen LogP contribution in [-0.4, -0.2) is 4.57 Å². The van der Waals surface area contributed by atoms with Crippen molar-refractivity contribution < 1.29 is 0 Å². The lowest BCUT2D eigenvalue weighted by Crippen LogP contribution is -1.91. The zero-order valence-corrected chi connectivity index (χ0v) is 7.57. The number of fused-ring (bicyclic) bond motifs is 1. The van der Waals surface area contributed by atoms with Crippen LogP contribution in [0.3, 0.4) is 0 Å². The summed E-state index contributed by atoms with van der Waals surface area (Å²) >= 11 is 0. The lowest BCUT2D eigenvalue weighted by Gasteiger charge is -1.96. The predicted molar refractivity (Wildman–Crippen MR) is 52.3 cm³/mol. The molecule has 1 aromatic carbocycles. The van der Waals surface area contributed by atoms with Crippen molar-refractivity contribution >= 4 is 25.4 Å². The van der Waals surface area contributed by atoms with Crippen molar-refractivity contribution in [2.75, 3.05) is 0 Å². The molecule has 0 radical (unpaired) electrons. The number of rotatable bonds is 0. The number of hydrogen-bond donors (Lipinski definition) is 0. The van der Waals surface area contributed by atoms with Gasteiger partial charge in [0.05, 0.1) is 0 Å². The molecule has 0 bridgehead atoms. The number of nitrogens with zero attached hydrogens (tertiary/aromatic N) is 1. The van der Waals surface area contributed by atoms with Crippen LogP contribution in [0.5, 0.6) is 0 Å². The van der Waals surface area contributed by atoms with Crippen LogP contribution in [0.4, 0.5) is 0 Å². The van der Waals surface area contributed by atoms with E-state index in [0.29, 0.717) is 0 Å². The molecule has 2 aromatic rings. The Balaban J connectivity index is 2.94. The highest BCUT2D eigenvalue weighted by atomic mass is 31.0. The van der Waals surface area contributed by atoms with E-state index in [-0.39, 0.29) is 0 Å². The topological polar surface area (TPSA) is 4.93 Å². The smallest absolute Gasteiger partial charge is 0.0483 e. The van der Waals surface area contributed by atoms with Crippen molar-refractivity contribution in [1.82, 2.24) is 4.57 Å². The first-order valence-electron chi connectivity index (χ1n) is 3.58. The fourth-order valence-corrected chi connectivity index (χ4v) is 1.68. The Labute approximate surface area is 68.2 Å². The fourth-order valence-electron chi connectivity index (χ4n) is 1.33. The van der Waals surface area contributed by atoms with Crippen LogP contribution in [0, 0.1) is 0 Å². The molecule has 1 unspecified atom stereocenters. The molecule has 0 N–H and O–H groups in total. The van der Waals surface area contributed by atoms with Crippen LogP contribution in [0.25, 0.3) is 10.9 Å². The highest BCUT2D eigenvalue weighted by Crippen LogP contribution is 2.13. The van der Waals surface area contributed by atoms with Gasteiger partial charge in [0.25, 0.3) is 0 Å². The molecule has 0 aliphatic heterocycles. The van der Waals surface area contributed by atoms with Gasteiger partial charge in [-0.3, -0.25) is 0 Å². The van der Waals surface area contributed by atoms with Gasteiger partial charge in [0, 0.05) is 24.1 Å². The molecule has 11 heavy (non-hydrogen) atoms. The zero-order chi connectivity index (χ0) is 7.84. The van der Waals surface area contributed by atoms with E-state index in [2.05, 4.69) is 51.3 Å². The second-order valence-electron chi connectivity index (χ2n) is 2.71. The standard InChI is InChI=1S/C9H10NP/c1-10-6-5-7-8(10)3-2-4-9(7)11/h2-6H,11H2,1H3. The molecule has 2 rings (SSSR count).